The number of sulfone groups is 1. The van der Waals surface area contributed by atoms with Crippen LogP contribution in [0.3, 0.4) is 0 Å². The molecule has 1 atom stereocenters. The van der Waals surface area contributed by atoms with E-state index >= 15 is 0 Å². The smallest absolute Gasteiger partial charge is 0.310 e. The van der Waals surface area contributed by atoms with Crippen molar-refractivity contribution in [3.8, 4) is 0 Å². The monoisotopic (exact) mass is 297 g/mol. The number of nitrogens with two attached hydrogens (primary N) is 1. The van der Waals surface area contributed by atoms with Crippen molar-refractivity contribution >= 4 is 21.7 Å². The second kappa shape index (κ2) is 5.62. The minimum absolute atomic E-state index is 0.0417. The minimum Gasteiger partial charge on any atom is -0.461 e. The van der Waals surface area contributed by atoms with Gasteiger partial charge in [0.2, 0.25) is 5.91 Å². The van der Waals surface area contributed by atoms with Crippen LogP contribution in [0.2, 0.25) is 0 Å². The van der Waals surface area contributed by atoms with Crippen molar-refractivity contribution in [2.24, 2.45) is 11.7 Å². The Balaban J connectivity index is 1.89. The van der Waals surface area contributed by atoms with E-state index in [4.69, 9.17) is 10.5 Å². The molecule has 7 heteroatoms. The number of primary amides is 1. The molecule has 1 aliphatic heterocycles. The zero-order chi connectivity index (χ0) is 14.8. The lowest BCUT2D eigenvalue weighted by atomic mass is 10.1. The predicted octanol–water partition coefficient (Wildman–Crippen LogP) is 0.263. The van der Waals surface area contributed by atoms with E-state index in [1.54, 1.807) is 24.3 Å². The van der Waals surface area contributed by atoms with E-state index in [1.165, 1.54) is 0 Å². The molecule has 0 saturated carbocycles. The van der Waals surface area contributed by atoms with Crippen LogP contribution in [0.25, 0.3) is 0 Å². The number of rotatable bonds is 4. The zero-order valence-corrected chi connectivity index (χ0v) is 11.6. The lowest BCUT2D eigenvalue weighted by Crippen LogP contribution is -2.18. The molecule has 0 spiro atoms. The molecule has 0 aromatic heterocycles. The predicted molar refractivity (Wildman–Crippen MR) is 71.5 cm³/mol. The summed E-state index contributed by atoms with van der Waals surface area (Å²) in [7, 11) is -3.09. The van der Waals surface area contributed by atoms with Crippen molar-refractivity contribution in [1.29, 1.82) is 0 Å². The molecular formula is C13H15NO5S. The van der Waals surface area contributed by atoms with Crippen LogP contribution in [-0.2, 0) is 26.0 Å². The summed E-state index contributed by atoms with van der Waals surface area (Å²) in [5.41, 5.74) is 6.20. The van der Waals surface area contributed by atoms with Crippen LogP contribution >= 0.6 is 0 Å². The molecule has 2 N–H and O–H groups in total. The first-order valence-corrected chi connectivity index (χ1v) is 7.95. The zero-order valence-electron chi connectivity index (χ0n) is 10.7. The third-order valence-electron chi connectivity index (χ3n) is 3.19. The van der Waals surface area contributed by atoms with E-state index in [0.717, 1.165) is 0 Å². The van der Waals surface area contributed by atoms with Crippen molar-refractivity contribution in [3.63, 3.8) is 0 Å². The van der Waals surface area contributed by atoms with Crippen molar-refractivity contribution < 1.29 is 22.7 Å². The number of esters is 1. The van der Waals surface area contributed by atoms with E-state index in [0.29, 0.717) is 17.5 Å². The first-order chi connectivity index (χ1) is 9.37. The van der Waals surface area contributed by atoms with Crippen molar-refractivity contribution in [3.05, 3.63) is 35.4 Å². The topological polar surface area (TPSA) is 104 Å². The van der Waals surface area contributed by atoms with Gasteiger partial charge in [-0.3, -0.25) is 9.59 Å². The molecule has 0 bridgehead atoms. The fourth-order valence-corrected chi connectivity index (χ4v) is 3.74. The number of hydrogen-bond donors (Lipinski definition) is 1. The van der Waals surface area contributed by atoms with Crippen LogP contribution in [0.15, 0.2) is 24.3 Å². The van der Waals surface area contributed by atoms with Gasteiger partial charge in [-0.05, 0) is 24.1 Å². The standard InChI is InChI=1S/C13H15NO5S/c14-12(15)10-3-1-9(2-4-10)7-19-13(16)11-5-6-20(17,18)8-11/h1-4,11H,5-8H2,(H2,14,15)/t11-/m0/s1. The summed E-state index contributed by atoms with van der Waals surface area (Å²) in [4.78, 5) is 22.6. The molecule has 1 fully saturated rings. The van der Waals surface area contributed by atoms with Crippen molar-refractivity contribution in [2.75, 3.05) is 11.5 Å². The molecule has 1 aliphatic rings. The Morgan fingerprint density at radius 1 is 1.25 bits per heavy atom. The fraction of sp³-hybridized carbons (Fsp3) is 0.385. The third-order valence-corrected chi connectivity index (χ3v) is 4.95. The minimum atomic E-state index is -3.09. The Labute approximate surface area is 116 Å². The highest BCUT2D eigenvalue weighted by atomic mass is 32.2. The van der Waals surface area contributed by atoms with E-state index in [-0.39, 0.29) is 18.1 Å². The fourth-order valence-electron chi connectivity index (χ4n) is 2.02. The van der Waals surface area contributed by atoms with Gasteiger partial charge < -0.3 is 10.5 Å². The quantitative estimate of drug-likeness (QED) is 0.803. The first kappa shape index (κ1) is 14.5. The average molecular weight is 297 g/mol. The highest BCUT2D eigenvalue weighted by molar-refractivity contribution is 7.91. The van der Waals surface area contributed by atoms with Gasteiger partial charge in [-0.2, -0.15) is 0 Å². The maximum absolute atomic E-state index is 11.7. The van der Waals surface area contributed by atoms with E-state index in [9.17, 15) is 18.0 Å². The van der Waals surface area contributed by atoms with Gasteiger partial charge in [-0.1, -0.05) is 12.1 Å². The molecule has 1 aromatic carbocycles. The van der Waals surface area contributed by atoms with Crippen LogP contribution in [0, 0.1) is 5.92 Å². The lowest BCUT2D eigenvalue weighted by Gasteiger charge is -2.09. The molecule has 0 aliphatic carbocycles. The van der Waals surface area contributed by atoms with Crippen LogP contribution in [0.5, 0.6) is 0 Å². The van der Waals surface area contributed by atoms with Gasteiger partial charge in [0.25, 0.3) is 0 Å². The number of benzene rings is 1. The summed E-state index contributed by atoms with van der Waals surface area (Å²) in [6.07, 6.45) is 0.321. The summed E-state index contributed by atoms with van der Waals surface area (Å²) in [6, 6.07) is 6.37. The van der Waals surface area contributed by atoms with Gasteiger partial charge in [0.1, 0.15) is 6.61 Å². The number of amides is 1. The van der Waals surface area contributed by atoms with Crippen LogP contribution in [0.1, 0.15) is 22.3 Å². The molecule has 1 aromatic rings. The Hall–Kier alpha value is -1.89. The molecule has 0 unspecified atom stereocenters. The largest absolute Gasteiger partial charge is 0.461 e. The van der Waals surface area contributed by atoms with Gasteiger partial charge >= 0.3 is 5.97 Å². The van der Waals surface area contributed by atoms with Gasteiger partial charge in [-0.25, -0.2) is 8.42 Å². The number of hydrogen-bond acceptors (Lipinski definition) is 5. The number of ether oxygens (including phenoxy) is 1. The molecule has 6 nitrogen and oxygen atoms in total. The van der Waals surface area contributed by atoms with Crippen LogP contribution < -0.4 is 5.73 Å². The van der Waals surface area contributed by atoms with Gasteiger partial charge in [0, 0.05) is 5.56 Å². The summed E-state index contributed by atoms with van der Waals surface area (Å²) < 4.78 is 27.6. The van der Waals surface area contributed by atoms with Crippen molar-refractivity contribution in [1.82, 2.24) is 0 Å². The molecule has 1 heterocycles. The highest BCUT2D eigenvalue weighted by Crippen LogP contribution is 2.20. The Morgan fingerprint density at radius 2 is 1.90 bits per heavy atom. The van der Waals surface area contributed by atoms with E-state index in [2.05, 4.69) is 0 Å². The summed E-state index contributed by atoms with van der Waals surface area (Å²) in [5.74, 6) is -1.67. The van der Waals surface area contributed by atoms with Gasteiger partial charge in [-0.15, -0.1) is 0 Å². The van der Waals surface area contributed by atoms with Gasteiger partial charge in [0.05, 0.1) is 17.4 Å². The van der Waals surface area contributed by atoms with Crippen molar-refractivity contribution in [2.45, 2.75) is 13.0 Å². The lowest BCUT2D eigenvalue weighted by molar-refractivity contribution is -0.149. The molecule has 108 valence electrons. The summed E-state index contributed by atoms with van der Waals surface area (Å²) in [6.45, 7) is 0.0500. The van der Waals surface area contributed by atoms with E-state index in [1.807, 2.05) is 0 Å². The molecule has 20 heavy (non-hydrogen) atoms. The second-order valence-corrected chi connectivity index (χ2v) is 7.00. The average Bonchev–Trinajstić information content (AvgIpc) is 2.77. The Morgan fingerprint density at radius 3 is 2.40 bits per heavy atom. The molecule has 1 amide bonds. The Bertz CT molecular complexity index is 621. The first-order valence-electron chi connectivity index (χ1n) is 6.13. The van der Waals surface area contributed by atoms with E-state index < -0.39 is 27.6 Å². The second-order valence-electron chi connectivity index (χ2n) is 4.77. The molecule has 2 rings (SSSR count). The third kappa shape index (κ3) is 3.57. The molecular weight excluding hydrogens is 282 g/mol. The maximum Gasteiger partial charge on any atom is 0.310 e. The van der Waals surface area contributed by atoms with Crippen LogP contribution in [0.4, 0.5) is 0 Å². The van der Waals surface area contributed by atoms with Gasteiger partial charge in [0.15, 0.2) is 9.84 Å². The SMILES string of the molecule is NC(=O)c1ccc(COC(=O)[C@H]2CCS(=O)(=O)C2)cc1. The Kier molecular flexibility index (Phi) is 4.08. The normalized spacial score (nSPS) is 20.5. The number of carbonyl (C=O) groups excluding carboxylic acids is 2. The molecule has 1 saturated heterocycles. The highest BCUT2D eigenvalue weighted by Gasteiger charge is 2.33. The number of carbonyl (C=O) groups is 2. The summed E-state index contributed by atoms with van der Waals surface area (Å²) in [5, 5.41) is 0. The molecule has 0 radical (unpaired) electrons. The maximum atomic E-state index is 11.7. The summed E-state index contributed by atoms with van der Waals surface area (Å²) >= 11 is 0. The van der Waals surface area contributed by atoms with Crippen LogP contribution in [-0.4, -0.2) is 31.8 Å².